The first-order valence-corrected chi connectivity index (χ1v) is 15.2. The van der Waals surface area contributed by atoms with Gasteiger partial charge in [0.15, 0.2) is 16.7 Å². The molecule has 1 aliphatic rings. The van der Waals surface area contributed by atoms with Gasteiger partial charge in [-0.1, -0.05) is 17.4 Å². The van der Waals surface area contributed by atoms with E-state index >= 15 is 0 Å². The Morgan fingerprint density at radius 3 is 2.51 bits per heavy atom. The van der Waals surface area contributed by atoms with Crippen LogP contribution >= 0.6 is 11.3 Å². The van der Waals surface area contributed by atoms with E-state index in [-0.39, 0.29) is 35.3 Å². The summed E-state index contributed by atoms with van der Waals surface area (Å²) in [6.45, 7) is 8.22. The predicted octanol–water partition coefficient (Wildman–Crippen LogP) is 7.58. The fourth-order valence-corrected chi connectivity index (χ4v) is 5.74. The van der Waals surface area contributed by atoms with Crippen LogP contribution in [0.5, 0.6) is 11.6 Å². The predicted molar refractivity (Wildman–Crippen MR) is 165 cm³/mol. The van der Waals surface area contributed by atoms with Gasteiger partial charge in [0.25, 0.3) is 0 Å². The second-order valence-corrected chi connectivity index (χ2v) is 12.7. The lowest BCUT2D eigenvalue weighted by Gasteiger charge is -2.33. The maximum atomic E-state index is 13.7. The van der Waals surface area contributed by atoms with Crippen LogP contribution in [-0.4, -0.2) is 57.1 Å². The van der Waals surface area contributed by atoms with Crippen LogP contribution in [0, 0.1) is 5.92 Å². The van der Waals surface area contributed by atoms with Gasteiger partial charge in [0, 0.05) is 50.1 Å². The Balaban J connectivity index is 1.34. The molecule has 1 saturated heterocycles. The van der Waals surface area contributed by atoms with Gasteiger partial charge in [-0.15, -0.1) is 0 Å². The first-order valence-electron chi connectivity index (χ1n) is 14.4. The number of aromatic nitrogens is 3. The van der Waals surface area contributed by atoms with Crippen molar-refractivity contribution >= 4 is 44.4 Å². The number of likely N-dealkylation sites (tertiary alicyclic amines) is 1. The van der Waals surface area contributed by atoms with Gasteiger partial charge in [0.05, 0.1) is 10.3 Å². The molecule has 2 aromatic heterocycles. The van der Waals surface area contributed by atoms with Gasteiger partial charge in [0.2, 0.25) is 11.8 Å². The summed E-state index contributed by atoms with van der Waals surface area (Å²) in [7, 11) is 0. The lowest BCUT2D eigenvalue weighted by molar-refractivity contribution is -0.137. The number of nitrogens with zero attached hydrogens (tertiary/aromatic N) is 4. The zero-order valence-electron chi connectivity index (χ0n) is 25.2. The quantitative estimate of drug-likeness (QED) is 0.212. The summed E-state index contributed by atoms with van der Waals surface area (Å²) < 4.78 is 53.3. The molecule has 0 atom stereocenters. The first kappa shape index (κ1) is 31.9. The zero-order valence-corrected chi connectivity index (χ0v) is 26.0. The molecule has 3 heterocycles. The van der Waals surface area contributed by atoms with Gasteiger partial charge in [-0.2, -0.15) is 18.2 Å². The van der Waals surface area contributed by atoms with Crippen molar-refractivity contribution < 1.29 is 32.2 Å². The van der Waals surface area contributed by atoms with Crippen LogP contribution in [0.3, 0.4) is 0 Å². The molecule has 2 amide bonds. The van der Waals surface area contributed by atoms with E-state index in [9.17, 15) is 22.8 Å². The number of alkyl halides is 3. The summed E-state index contributed by atoms with van der Waals surface area (Å²) >= 11 is 1.29. The van der Waals surface area contributed by atoms with Crippen LogP contribution in [0.4, 0.5) is 28.8 Å². The highest BCUT2D eigenvalue weighted by atomic mass is 32.1. The number of carbonyl (C=O) groups excluding carboxylic acids is 2. The van der Waals surface area contributed by atoms with Gasteiger partial charge in [-0.25, -0.2) is 14.8 Å². The molecule has 0 radical (unpaired) electrons. The van der Waals surface area contributed by atoms with Gasteiger partial charge in [-0.05, 0) is 69.9 Å². The van der Waals surface area contributed by atoms with Crippen molar-refractivity contribution in [2.75, 3.05) is 30.3 Å². The van der Waals surface area contributed by atoms with Crippen molar-refractivity contribution in [1.82, 2.24) is 19.9 Å². The fourth-order valence-electron chi connectivity index (χ4n) is 4.81. The Morgan fingerprint density at radius 2 is 1.82 bits per heavy atom. The normalized spacial score (nSPS) is 14.3. The van der Waals surface area contributed by atoms with Crippen molar-refractivity contribution in [3.63, 3.8) is 0 Å². The molecule has 4 aromatic rings. The van der Waals surface area contributed by atoms with Crippen LogP contribution in [0.1, 0.15) is 46.1 Å². The third-order valence-corrected chi connectivity index (χ3v) is 7.88. The molecular formula is C31H33F3N6O4S. The van der Waals surface area contributed by atoms with Crippen LogP contribution in [0.15, 0.2) is 48.7 Å². The van der Waals surface area contributed by atoms with E-state index in [1.54, 1.807) is 23.1 Å². The van der Waals surface area contributed by atoms with E-state index in [0.717, 1.165) is 16.8 Å². The highest BCUT2D eigenvalue weighted by Gasteiger charge is 2.32. The van der Waals surface area contributed by atoms with E-state index in [1.165, 1.54) is 30.5 Å². The van der Waals surface area contributed by atoms with Gasteiger partial charge >= 0.3 is 12.3 Å². The molecule has 0 spiro atoms. The summed E-state index contributed by atoms with van der Waals surface area (Å²) in [6, 6.07) is 10.3. The minimum absolute atomic E-state index is 0.127. The van der Waals surface area contributed by atoms with Gasteiger partial charge in [-0.3, -0.25) is 4.79 Å². The molecule has 238 valence electrons. The number of benzene rings is 2. The number of fused-ring (bicyclic) bond motifs is 1. The number of thiazole rings is 1. The fraction of sp³-hybridized carbons (Fsp3) is 0.387. The Kier molecular flexibility index (Phi) is 9.14. The topological polar surface area (TPSA) is 119 Å². The molecule has 10 nitrogen and oxygen atoms in total. The number of hydrogen-bond acceptors (Lipinski definition) is 9. The Hall–Kier alpha value is -4.46. The zero-order chi connectivity index (χ0) is 32.4. The molecule has 2 aromatic carbocycles. The molecule has 0 unspecified atom stereocenters. The summed E-state index contributed by atoms with van der Waals surface area (Å²) in [6.07, 6.45) is -2.09. The lowest BCUT2D eigenvalue weighted by atomic mass is 9.96. The van der Waals surface area contributed by atoms with Crippen molar-refractivity contribution in [1.29, 1.82) is 0 Å². The highest BCUT2D eigenvalue weighted by molar-refractivity contribution is 7.22. The van der Waals surface area contributed by atoms with Crippen molar-refractivity contribution in [2.24, 2.45) is 5.92 Å². The molecule has 0 saturated carbocycles. The minimum Gasteiger partial charge on any atom is -0.444 e. The maximum absolute atomic E-state index is 13.7. The summed E-state index contributed by atoms with van der Waals surface area (Å²) in [5.74, 6) is 0.620. The van der Waals surface area contributed by atoms with E-state index in [2.05, 4.69) is 25.6 Å². The summed E-state index contributed by atoms with van der Waals surface area (Å²) in [5, 5.41) is 6.28. The van der Waals surface area contributed by atoms with E-state index < -0.39 is 17.3 Å². The van der Waals surface area contributed by atoms with Crippen molar-refractivity contribution in [3.8, 4) is 23.0 Å². The molecule has 2 N–H and O–H groups in total. The second-order valence-electron chi connectivity index (χ2n) is 11.7. The monoisotopic (exact) mass is 642 g/mol. The van der Waals surface area contributed by atoms with Crippen LogP contribution in [-0.2, 0) is 15.7 Å². The Labute approximate surface area is 262 Å². The van der Waals surface area contributed by atoms with Crippen LogP contribution in [0.2, 0.25) is 0 Å². The second kappa shape index (κ2) is 12.9. The van der Waals surface area contributed by atoms with Crippen LogP contribution < -0.4 is 15.4 Å². The number of para-hydroxylation sites is 1. The number of halogens is 3. The number of rotatable bonds is 7. The average molecular weight is 643 g/mol. The number of amides is 2. The number of nitrogens with one attached hydrogen (secondary N) is 2. The molecule has 0 bridgehead atoms. The molecule has 1 fully saturated rings. The minimum atomic E-state index is -4.54. The van der Waals surface area contributed by atoms with E-state index in [1.807, 2.05) is 26.8 Å². The number of carbonyl (C=O) groups is 2. The molecule has 1 aliphatic heterocycles. The average Bonchev–Trinajstić information content (AvgIpc) is 3.38. The van der Waals surface area contributed by atoms with Gasteiger partial charge < -0.3 is 25.0 Å². The summed E-state index contributed by atoms with van der Waals surface area (Å²) in [4.78, 5) is 38.8. The standard InChI is InChI=1S/C31H33F3N6O4S/c1-18(41)37-28-39-26-23(6-5-7-24(26)45-28)43-25-10-13-35-27(38-25)21-9-8-20(31(32,33)34)16-22(21)36-17-19-11-14-40(15-12-19)29(42)44-30(2,3)4/h5-10,13,16,19,36H,11-12,14-15,17H2,1-4H3,(H,37,39,41). The first-order chi connectivity index (χ1) is 21.2. The lowest BCUT2D eigenvalue weighted by Crippen LogP contribution is -2.42. The number of ether oxygens (including phenoxy) is 2. The molecule has 45 heavy (non-hydrogen) atoms. The van der Waals surface area contributed by atoms with Gasteiger partial charge in [0.1, 0.15) is 11.1 Å². The molecule has 0 aliphatic carbocycles. The van der Waals surface area contributed by atoms with E-state index in [4.69, 9.17) is 9.47 Å². The Morgan fingerprint density at radius 1 is 1.07 bits per heavy atom. The smallest absolute Gasteiger partial charge is 0.416 e. The molecule has 14 heteroatoms. The highest BCUT2D eigenvalue weighted by Crippen LogP contribution is 2.37. The van der Waals surface area contributed by atoms with E-state index in [0.29, 0.717) is 54.4 Å². The van der Waals surface area contributed by atoms with Crippen molar-refractivity contribution in [2.45, 2.75) is 52.3 Å². The Bertz CT molecular complexity index is 1700. The SMILES string of the molecule is CC(=O)Nc1nc2c(Oc3ccnc(-c4ccc(C(F)(F)F)cc4NCC4CCN(C(=O)OC(C)(C)C)CC4)n3)cccc2s1. The molecule has 5 rings (SSSR count). The third-order valence-electron chi connectivity index (χ3n) is 6.94. The number of piperidine rings is 1. The number of hydrogen-bond donors (Lipinski definition) is 2. The summed E-state index contributed by atoms with van der Waals surface area (Å²) in [5.41, 5.74) is -0.254. The van der Waals surface area contributed by atoms with Crippen molar-refractivity contribution in [3.05, 3.63) is 54.2 Å². The largest absolute Gasteiger partial charge is 0.444 e. The maximum Gasteiger partial charge on any atom is 0.416 e. The molecular weight excluding hydrogens is 609 g/mol. The van der Waals surface area contributed by atoms with Crippen LogP contribution in [0.25, 0.3) is 21.6 Å². The third kappa shape index (κ3) is 8.18. The number of anilines is 2.